The Bertz CT molecular complexity index is 108. The molecule has 0 heterocycles. The van der Waals surface area contributed by atoms with Gasteiger partial charge in [0.1, 0.15) is 0 Å². The highest BCUT2D eigenvalue weighted by Gasteiger charge is 2.18. The number of quaternary nitrogens is 1. The molecule has 0 aromatic rings. The fourth-order valence-corrected chi connectivity index (χ4v) is 1.64. The normalized spacial score (nSPS) is 10.6. The molecule has 2 heteroatoms. The monoisotopic (exact) mass is 191 g/mol. The highest BCUT2D eigenvalue weighted by atomic mass is 35.5. The molecule has 0 saturated carbocycles. The SMILES string of the molecule is C=CC[N+](CC)(CC)CCC.[Cl-]. The van der Waals surface area contributed by atoms with E-state index < -0.39 is 0 Å². The van der Waals surface area contributed by atoms with Crippen LogP contribution in [0, 0.1) is 0 Å². The van der Waals surface area contributed by atoms with Crippen molar-refractivity contribution in [3.63, 3.8) is 0 Å². The van der Waals surface area contributed by atoms with Crippen molar-refractivity contribution in [2.75, 3.05) is 26.2 Å². The van der Waals surface area contributed by atoms with E-state index in [2.05, 4.69) is 27.4 Å². The van der Waals surface area contributed by atoms with Gasteiger partial charge >= 0.3 is 0 Å². The molecule has 0 atom stereocenters. The zero-order valence-electron chi connectivity index (χ0n) is 8.65. The maximum Gasteiger partial charge on any atom is 0.0970 e. The van der Waals surface area contributed by atoms with Crippen molar-refractivity contribution in [1.82, 2.24) is 0 Å². The van der Waals surface area contributed by atoms with E-state index >= 15 is 0 Å². The molecule has 0 bridgehead atoms. The smallest absolute Gasteiger partial charge is 0.0970 e. The number of rotatable bonds is 6. The van der Waals surface area contributed by atoms with Gasteiger partial charge in [-0.15, -0.1) is 0 Å². The molecular formula is C10H22ClN. The molecule has 0 amide bonds. The predicted octanol–water partition coefficient (Wildman–Crippen LogP) is -0.557. The fraction of sp³-hybridized carbons (Fsp3) is 0.800. The molecule has 0 radical (unpaired) electrons. The number of hydrogen-bond acceptors (Lipinski definition) is 0. The number of hydrogen-bond donors (Lipinski definition) is 0. The van der Waals surface area contributed by atoms with Gasteiger partial charge in [-0.25, -0.2) is 0 Å². The lowest BCUT2D eigenvalue weighted by Gasteiger charge is -2.35. The van der Waals surface area contributed by atoms with Crippen LogP contribution in [0.25, 0.3) is 0 Å². The first kappa shape index (κ1) is 14.5. The Morgan fingerprint density at radius 3 is 1.92 bits per heavy atom. The zero-order valence-corrected chi connectivity index (χ0v) is 9.40. The summed E-state index contributed by atoms with van der Waals surface area (Å²) in [6, 6.07) is 0. The van der Waals surface area contributed by atoms with E-state index in [-0.39, 0.29) is 12.4 Å². The molecule has 0 unspecified atom stereocenters. The summed E-state index contributed by atoms with van der Waals surface area (Å²) >= 11 is 0. The summed E-state index contributed by atoms with van der Waals surface area (Å²) in [7, 11) is 0. The van der Waals surface area contributed by atoms with Crippen LogP contribution in [0.3, 0.4) is 0 Å². The standard InChI is InChI=1S/C10H22N.ClH/c1-5-9-11(7-3,8-4)10-6-2;/h5H,1,6-10H2,2-4H3;1H/q+1;/p-1. The third kappa shape index (κ3) is 4.13. The fourth-order valence-electron chi connectivity index (χ4n) is 1.64. The first-order chi connectivity index (χ1) is 5.24. The van der Waals surface area contributed by atoms with Gasteiger partial charge in [-0.05, 0) is 26.3 Å². The molecule has 1 nitrogen and oxygen atoms in total. The van der Waals surface area contributed by atoms with Gasteiger partial charge < -0.3 is 16.9 Å². The Kier molecular flexibility index (Phi) is 9.23. The molecule has 74 valence electrons. The summed E-state index contributed by atoms with van der Waals surface area (Å²) in [6.07, 6.45) is 3.32. The minimum absolute atomic E-state index is 0. The molecule has 0 aliphatic heterocycles. The molecule has 0 N–H and O–H groups in total. The van der Waals surface area contributed by atoms with E-state index in [0.29, 0.717) is 0 Å². The van der Waals surface area contributed by atoms with Crippen molar-refractivity contribution in [3.8, 4) is 0 Å². The van der Waals surface area contributed by atoms with E-state index in [0.717, 1.165) is 6.54 Å². The molecule has 0 aromatic heterocycles. The highest BCUT2D eigenvalue weighted by Crippen LogP contribution is 2.07. The minimum atomic E-state index is 0. The Balaban J connectivity index is 0. The zero-order chi connectivity index (χ0) is 8.74. The van der Waals surface area contributed by atoms with Crippen LogP contribution >= 0.6 is 0 Å². The van der Waals surface area contributed by atoms with Gasteiger partial charge in [0.05, 0.1) is 26.2 Å². The molecule has 0 fully saturated rings. The van der Waals surface area contributed by atoms with E-state index in [1.807, 2.05) is 6.08 Å². The highest BCUT2D eigenvalue weighted by molar-refractivity contribution is 4.65. The van der Waals surface area contributed by atoms with Crippen LogP contribution in [0.4, 0.5) is 0 Å². The summed E-state index contributed by atoms with van der Waals surface area (Å²) in [6.45, 7) is 15.5. The first-order valence-electron chi connectivity index (χ1n) is 4.70. The largest absolute Gasteiger partial charge is 1.00 e. The Hall–Kier alpha value is -0.0100. The van der Waals surface area contributed by atoms with Crippen molar-refractivity contribution >= 4 is 0 Å². The molecule has 0 saturated heterocycles. The van der Waals surface area contributed by atoms with Crippen molar-refractivity contribution in [3.05, 3.63) is 12.7 Å². The van der Waals surface area contributed by atoms with Crippen molar-refractivity contribution in [1.29, 1.82) is 0 Å². The average Bonchev–Trinajstić information content (AvgIpc) is 2.04. The maximum atomic E-state index is 3.81. The van der Waals surface area contributed by atoms with Crippen molar-refractivity contribution in [2.24, 2.45) is 0 Å². The number of likely N-dealkylation sites (N-methyl/N-ethyl adjacent to an activating group) is 1. The summed E-state index contributed by atoms with van der Waals surface area (Å²) < 4.78 is 1.21. The minimum Gasteiger partial charge on any atom is -1.00 e. The van der Waals surface area contributed by atoms with Crippen LogP contribution < -0.4 is 12.4 Å². The average molecular weight is 192 g/mol. The molecule has 0 rings (SSSR count). The second kappa shape index (κ2) is 7.63. The van der Waals surface area contributed by atoms with Crippen LogP contribution in [0.5, 0.6) is 0 Å². The van der Waals surface area contributed by atoms with E-state index in [1.165, 1.54) is 30.5 Å². The Morgan fingerprint density at radius 2 is 1.67 bits per heavy atom. The van der Waals surface area contributed by atoms with Crippen LogP contribution in [0.1, 0.15) is 27.2 Å². The molecule has 0 spiro atoms. The van der Waals surface area contributed by atoms with Gasteiger partial charge in [-0.2, -0.15) is 0 Å². The van der Waals surface area contributed by atoms with Gasteiger partial charge in [0.25, 0.3) is 0 Å². The van der Waals surface area contributed by atoms with Crippen LogP contribution in [0.15, 0.2) is 12.7 Å². The lowest BCUT2D eigenvalue weighted by Crippen LogP contribution is -3.00. The summed E-state index contributed by atoms with van der Waals surface area (Å²) in [5.74, 6) is 0. The van der Waals surface area contributed by atoms with Crippen LogP contribution in [-0.4, -0.2) is 30.7 Å². The first-order valence-corrected chi connectivity index (χ1v) is 4.70. The van der Waals surface area contributed by atoms with Gasteiger partial charge in [-0.3, -0.25) is 0 Å². The lowest BCUT2D eigenvalue weighted by molar-refractivity contribution is -0.919. The Morgan fingerprint density at radius 1 is 1.17 bits per heavy atom. The molecule has 12 heavy (non-hydrogen) atoms. The molecule has 0 aliphatic carbocycles. The molecule has 0 aromatic carbocycles. The predicted molar refractivity (Wildman–Crippen MR) is 51.6 cm³/mol. The quantitative estimate of drug-likeness (QED) is 0.390. The summed E-state index contributed by atoms with van der Waals surface area (Å²) in [5, 5.41) is 0. The van der Waals surface area contributed by atoms with E-state index in [4.69, 9.17) is 0 Å². The third-order valence-electron chi connectivity index (χ3n) is 2.56. The van der Waals surface area contributed by atoms with E-state index in [1.54, 1.807) is 0 Å². The molecule has 0 aliphatic rings. The number of halogens is 1. The second-order valence-corrected chi connectivity index (χ2v) is 3.17. The van der Waals surface area contributed by atoms with Crippen LogP contribution in [0.2, 0.25) is 0 Å². The van der Waals surface area contributed by atoms with E-state index in [9.17, 15) is 0 Å². The third-order valence-corrected chi connectivity index (χ3v) is 2.56. The summed E-state index contributed by atoms with van der Waals surface area (Å²) in [4.78, 5) is 0. The van der Waals surface area contributed by atoms with Crippen molar-refractivity contribution < 1.29 is 16.9 Å². The van der Waals surface area contributed by atoms with Crippen molar-refractivity contribution in [2.45, 2.75) is 27.2 Å². The van der Waals surface area contributed by atoms with Gasteiger partial charge in [0, 0.05) is 0 Å². The Labute approximate surface area is 83.5 Å². The van der Waals surface area contributed by atoms with Crippen LogP contribution in [-0.2, 0) is 0 Å². The topological polar surface area (TPSA) is 0 Å². The van der Waals surface area contributed by atoms with Gasteiger partial charge in [0.2, 0.25) is 0 Å². The maximum absolute atomic E-state index is 3.81. The van der Waals surface area contributed by atoms with Gasteiger partial charge in [0.15, 0.2) is 0 Å². The molecular weight excluding hydrogens is 170 g/mol. The number of nitrogens with zero attached hydrogens (tertiary/aromatic N) is 1. The van der Waals surface area contributed by atoms with Gasteiger partial charge in [-0.1, -0.05) is 13.5 Å². The second-order valence-electron chi connectivity index (χ2n) is 3.17. The summed E-state index contributed by atoms with van der Waals surface area (Å²) in [5.41, 5.74) is 0. The lowest BCUT2D eigenvalue weighted by atomic mass is 10.3.